The average Bonchev–Trinajstić information content (AvgIpc) is 4.09. The average molecular weight is 833 g/mol. The van der Waals surface area contributed by atoms with Gasteiger partial charge < -0.3 is 40.7 Å². The fourth-order valence-electron chi connectivity index (χ4n) is 8.04. The molecule has 6 heterocycles. The van der Waals surface area contributed by atoms with Gasteiger partial charge in [0.25, 0.3) is 0 Å². The smallest absolute Gasteiger partial charge is 0.238 e. The maximum atomic E-state index is 16.3. The van der Waals surface area contributed by atoms with Crippen LogP contribution in [0.25, 0.3) is 0 Å². The number of hydrogen-bond donors (Lipinski definition) is 4. The maximum absolute atomic E-state index is 16.3. The van der Waals surface area contributed by atoms with Crippen molar-refractivity contribution in [3.8, 4) is 0 Å². The molecule has 3 atom stereocenters. The van der Waals surface area contributed by atoms with Crippen molar-refractivity contribution >= 4 is 35.1 Å². The zero-order chi connectivity index (χ0) is 42.5. The normalized spacial score (nSPS) is 17.5. The second-order valence-electron chi connectivity index (χ2n) is 15.4. The molecule has 6 aromatic rings. The molecule has 2 aliphatic rings. The number of nitrogens with two attached hydrogens (primary N) is 2. The molecule has 16 nitrogen and oxygen atoms in total. The Morgan fingerprint density at radius 2 is 1.31 bits per heavy atom. The van der Waals surface area contributed by atoms with Crippen molar-refractivity contribution in [1.29, 1.82) is 0 Å². The molecule has 2 aliphatic heterocycles. The number of nitrogens with zero attached hydrogens (tertiary/aromatic N) is 8. The van der Waals surface area contributed by atoms with Crippen LogP contribution in [0.2, 0.25) is 0 Å². The SMILES string of the molecule is CCc1ccc(C2CC(Cc3nnc(C4CCCN4c4ncnc(NCc5ccc(CC(N)=O)cc5)c4F)o3)CN2c2ncnc(NCc3ccc(CC(N)=O)cc3)c2F)o1. The maximum Gasteiger partial charge on any atom is 0.238 e. The molecular formula is C43H46F2N12O4. The molecule has 0 aliphatic carbocycles. The Kier molecular flexibility index (Phi) is 12.1. The van der Waals surface area contributed by atoms with Gasteiger partial charge in [-0.05, 0) is 59.6 Å². The summed E-state index contributed by atoms with van der Waals surface area (Å²) in [5.41, 5.74) is 13.9. The van der Waals surface area contributed by atoms with Crippen LogP contribution in [0.1, 0.15) is 83.8 Å². The van der Waals surface area contributed by atoms with E-state index in [1.165, 1.54) is 12.7 Å². The van der Waals surface area contributed by atoms with E-state index >= 15 is 8.78 Å². The van der Waals surface area contributed by atoms with Crippen LogP contribution in [0, 0.1) is 17.6 Å². The zero-order valence-corrected chi connectivity index (χ0v) is 33.6. The fraction of sp³-hybridized carbons (Fsp3) is 0.349. The van der Waals surface area contributed by atoms with Crippen molar-refractivity contribution < 1.29 is 27.2 Å². The Morgan fingerprint density at radius 3 is 1.87 bits per heavy atom. The molecule has 4 aromatic heterocycles. The molecule has 0 saturated carbocycles. The number of carbonyl (C=O) groups is 2. The van der Waals surface area contributed by atoms with Crippen molar-refractivity contribution in [3.63, 3.8) is 0 Å². The largest absolute Gasteiger partial charge is 0.464 e. The standard InChI is InChI=1S/C43H46F2N12O4/c1-2-30-13-14-33(60-30)32-16-29(22-57(32)42-38(45)40(51-24-53-42)49-21-28-11-7-26(8-12-28)18-35(47)59)19-36-54-55-43(61-36)31-4-3-15-56(31)41-37(44)39(50-23-52-41)48-20-27-9-5-25(6-10-27)17-34(46)58/h5-14,23-24,29,31-32H,2-4,15-22H2,1H3,(H2,46,58)(H2,47,59)(H,48,50,52)(H,49,51,53). The number of primary amides is 2. The van der Waals surface area contributed by atoms with Crippen LogP contribution in [0.3, 0.4) is 0 Å². The van der Waals surface area contributed by atoms with E-state index in [1.54, 1.807) is 0 Å². The molecule has 2 saturated heterocycles. The molecule has 2 fully saturated rings. The van der Waals surface area contributed by atoms with Crippen LogP contribution in [-0.4, -0.2) is 55.0 Å². The van der Waals surface area contributed by atoms with Crippen LogP contribution in [0.15, 0.2) is 82.2 Å². The Hall–Kier alpha value is -6.98. The minimum atomic E-state index is -0.591. The first-order valence-corrected chi connectivity index (χ1v) is 20.3. The molecule has 0 radical (unpaired) electrons. The van der Waals surface area contributed by atoms with E-state index in [-0.39, 0.29) is 48.1 Å². The Bertz CT molecular complexity index is 2480. The lowest BCUT2D eigenvalue weighted by Gasteiger charge is -2.25. The van der Waals surface area contributed by atoms with E-state index in [0.717, 1.165) is 34.4 Å². The first kappa shape index (κ1) is 40.8. The van der Waals surface area contributed by atoms with Crippen molar-refractivity contribution in [3.05, 3.63) is 131 Å². The summed E-state index contributed by atoms with van der Waals surface area (Å²) in [5.74, 6) is 0.653. The quantitative estimate of drug-likeness (QED) is 0.0890. The number of nitrogens with one attached hydrogen (secondary N) is 2. The number of anilines is 4. The third-order valence-corrected chi connectivity index (χ3v) is 11.0. The number of hydrogen-bond acceptors (Lipinski definition) is 14. The molecule has 6 N–H and O–H groups in total. The Labute approximate surface area is 350 Å². The molecule has 0 spiro atoms. The van der Waals surface area contributed by atoms with Gasteiger partial charge in [-0.1, -0.05) is 55.5 Å². The number of halogens is 2. The number of amides is 2. The number of benzene rings is 2. The van der Waals surface area contributed by atoms with Crippen molar-refractivity contribution in [2.75, 3.05) is 33.5 Å². The van der Waals surface area contributed by atoms with Crippen molar-refractivity contribution in [1.82, 2.24) is 30.1 Å². The molecule has 8 rings (SSSR count). The van der Waals surface area contributed by atoms with E-state index in [2.05, 4.69) is 40.8 Å². The highest BCUT2D eigenvalue weighted by Crippen LogP contribution is 2.42. The first-order valence-electron chi connectivity index (χ1n) is 20.3. The third-order valence-electron chi connectivity index (χ3n) is 11.0. The molecule has 0 bridgehead atoms. The summed E-state index contributed by atoms with van der Waals surface area (Å²) in [5, 5.41) is 15.0. The van der Waals surface area contributed by atoms with E-state index in [4.69, 9.17) is 20.3 Å². The highest BCUT2D eigenvalue weighted by atomic mass is 19.1. The minimum Gasteiger partial charge on any atom is -0.464 e. The van der Waals surface area contributed by atoms with Gasteiger partial charge in [-0.15, -0.1) is 10.2 Å². The highest BCUT2D eigenvalue weighted by Gasteiger charge is 2.39. The summed E-state index contributed by atoms with van der Waals surface area (Å²) < 4.78 is 44.8. The van der Waals surface area contributed by atoms with Gasteiger partial charge in [-0.25, -0.2) is 19.9 Å². The molecule has 2 aromatic carbocycles. The molecule has 18 heteroatoms. The summed E-state index contributed by atoms with van der Waals surface area (Å²) in [6, 6.07) is 17.8. The molecule has 61 heavy (non-hydrogen) atoms. The molecule has 316 valence electrons. The van der Waals surface area contributed by atoms with Crippen LogP contribution in [-0.2, 0) is 48.4 Å². The monoisotopic (exact) mass is 832 g/mol. The number of carbonyl (C=O) groups excluding carboxylic acids is 2. The molecule has 3 unspecified atom stereocenters. The Balaban J connectivity index is 0.951. The highest BCUT2D eigenvalue weighted by molar-refractivity contribution is 5.77. The predicted octanol–water partition coefficient (Wildman–Crippen LogP) is 5.51. The van der Waals surface area contributed by atoms with Gasteiger partial charge in [-0.2, -0.15) is 8.78 Å². The van der Waals surface area contributed by atoms with Crippen LogP contribution in [0.4, 0.5) is 32.1 Å². The van der Waals surface area contributed by atoms with Crippen molar-refractivity contribution in [2.45, 2.75) is 77.0 Å². The lowest BCUT2D eigenvalue weighted by molar-refractivity contribution is -0.118. The second kappa shape index (κ2) is 18.1. The number of furan rings is 1. The van der Waals surface area contributed by atoms with E-state index in [1.807, 2.05) is 77.4 Å². The van der Waals surface area contributed by atoms with Gasteiger partial charge in [0.2, 0.25) is 35.2 Å². The summed E-state index contributed by atoms with van der Waals surface area (Å²) >= 11 is 0. The van der Waals surface area contributed by atoms with Gasteiger partial charge in [0.05, 0.1) is 18.9 Å². The lowest BCUT2D eigenvalue weighted by Crippen LogP contribution is -2.26. The summed E-state index contributed by atoms with van der Waals surface area (Å²) in [4.78, 5) is 43.3. The van der Waals surface area contributed by atoms with Gasteiger partial charge >= 0.3 is 0 Å². The third kappa shape index (κ3) is 9.42. The minimum absolute atomic E-state index is 0.0369. The first-order chi connectivity index (χ1) is 29.6. The summed E-state index contributed by atoms with van der Waals surface area (Å²) in [6.45, 7) is 3.57. The fourth-order valence-corrected chi connectivity index (χ4v) is 8.04. The number of aromatic nitrogens is 6. The number of aryl methyl sites for hydroxylation is 1. The zero-order valence-electron chi connectivity index (χ0n) is 33.6. The van der Waals surface area contributed by atoms with Crippen LogP contribution < -0.4 is 31.9 Å². The van der Waals surface area contributed by atoms with Crippen LogP contribution in [0.5, 0.6) is 0 Å². The lowest BCUT2D eigenvalue weighted by atomic mass is 10.0. The van der Waals surface area contributed by atoms with E-state index < -0.39 is 29.5 Å². The van der Waals surface area contributed by atoms with E-state index in [9.17, 15) is 9.59 Å². The van der Waals surface area contributed by atoms with Gasteiger partial charge in [0.15, 0.2) is 23.3 Å². The molecule has 2 amide bonds. The van der Waals surface area contributed by atoms with Gasteiger partial charge in [-0.3, -0.25) is 9.59 Å². The van der Waals surface area contributed by atoms with E-state index in [0.29, 0.717) is 69.4 Å². The predicted molar refractivity (Wildman–Crippen MR) is 221 cm³/mol. The van der Waals surface area contributed by atoms with Gasteiger partial charge in [0, 0.05) is 39.0 Å². The number of rotatable bonds is 17. The van der Waals surface area contributed by atoms with Crippen LogP contribution >= 0.6 is 0 Å². The topological polar surface area (TPSA) is 220 Å². The second-order valence-corrected chi connectivity index (χ2v) is 15.4. The van der Waals surface area contributed by atoms with Crippen molar-refractivity contribution in [2.24, 2.45) is 17.4 Å². The summed E-state index contributed by atoms with van der Waals surface area (Å²) in [6.07, 6.45) is 6.10. The van der Waals surface area contributed by atoms with Gasteiger partial charge in [0.1, 0.15) is 30.2 Å². The Morgan fingerprint density at radius 1 is 0.738 bits per heavy atom. The molecular weight excluding hydrogens is 787 g/mol. The summed E-state index contributed by atoms with van der Waals surface area (Å²) in [7, 11) is 0.